The molecule has 2 rings (SSSR count). The molecule has 0 radical (unpaired) electrons. The molecule has 0 saturated heterocycles. The highest BCUT2D eigenvalue weighted by molar-refractivity contribution is 5.69. The number of unbranched alkanes of at least 4 members (excludes halogenated alkanes) is 1. The van der Waals surface area contributed by atoms with E-state index in [2.05, 4.69) is 104 Å². The molecule has 0 aliphatic heterocycles. The highest BCUT2D eigenvalue weighted by Gasteiger charge is 2.15. The van der Waals surface area contributed by atoms with Crippen molar-refractivity contribution >= 4 is 5.97 Å². The van der Waals surface area contributed by atoms with Gasteiger partial charge in [-0.3, -0.25) is 9.69 Å². The zero-order chi connectivity index (χ0) is 30.6. The lowest BCUT2D eigenvalue weighted by Gasteiger charge is -2.23. The van der Waals surface area contributed by atoms with E-state index in [1.54, 1.807) is 0 Å². The number of hydrogen-bond donors (Lipinski definition) is 0. The fraction of sp³-hybridized carbons (Fsp3) is 0.410. The third-order valence-corrected chi connectivity index (χ3v) is 6.92. The first-order valence-electron chi connectivity index (χ1n) is 16.1. The van der Waals surface area contributed by atoms with Crippen LogP contribution < -0.4 is 0 Å². The molecule has 0 fully saturated rings. The van der Waals surface area contributed by atoms with E-state index in [1.807, 2.05) is 36.4 Å². The van der Waals surface area contributed by atoms with Crippen molar-refractivity contribution < 1.29 is 14.3 Å². The van der Waals surface area contributed by atoms with Crippen LogP contribution in [0.3, 0.4) is 0 Å². The minimum atomic E-state index is -0.118. The largest absolute Gasteiger partial charge is 0.464 e. The van der Waals surface area contributed by atoms with Crippen LogP contribution in [0.2, 0.25) is 0 Å². The molecular weight excluding hydrogens is 530 g/mol. The fourth-order valence-electron chi connectivity index (χ4n) is 4.46. The Bertz CT molecular complexity index is 1060. The Hall–Kier alpha value is -3.47. The Morgan fingerprint density at radius 3 is 1.67 bits per heavy atom. The van der Waals surface area contributed by atoms with Crippen LogP contribution in [0.5, 0.6) is 0 Å². The van der Waals surface area contributed by atoms with Gasteiger partial charge in [0, 0.05) is 19.5 Å². The van der Waals surface area contributed by atoms with Gasteiger partial charge in [-0.2, -0.15) is 0 Å². The molecule has 0 heterocycles. The quantitative estimate of drug-likeness (QED) is 0.0742. The van der Waals surface area contributed by atoms with E-state index in [-0.39, 0.29) is 12.1 Å². The molecule has 2 aromatic carbocycles. The van der Waals surface area contributed by atoms with Crippen LogP contribution in [0.4, 0.5) is 0 Å². The molecule has 2 aromatic rings. The minimum Gasteiger partial charge on any atom is -0.464 e. The second-order valence-corrected chi connectivity index (χ2v) is 10.3. The molecule has 0 aliphatic rings. The van der Waals surface area contributed by atoms with E-state index in [0.29, 0.717) is 26.2 Å². The summed E-state index contributed by atoms with van der Waals surface area (Å²) in [6.45, 7) is 7.67. The van der Waals surface area contributed by atoms with E-state index in [0.717, 1.165) is 69.2 Å². The number of rotatable bonds is 23. The molecule has 43 heavy (non-hydrogen) atoms. The van der Waals surface area contributed by atoms with Crippen LogP contribution in [0, 0.1) is 0 Å². The molecule has 0 amide bonds. The monoisotopic (exact) mass is 583 g/mol. The molecule has 232 valence electrons. The van der Waals surface area contributed by atoms with Gasteiger partial charge in [-0.15, -0.1) is 0 Å². The summed E-state index contributed by atoms with van der Waals surface area (Å²) in [4.78, 5) is 14.4. The number of carbonyl (C=O) groups is 1. The van der Waals surface area contributed by atoms with Crippen LogP contribution in [0.15, 0.2) is 121 Å². The van der Waals surface area contributed by atoms with Crippen molar-refractivity contribution in [3.8, 4) is 0 Å². The summed E-state index contributed by atoms with van der Waals surface area (Å²) in [5, 5.41) is 0. The smallest absolute Gasteiger partial charge is 0.305 e. The maximum absolute atomic E-state index is 12.2. The summed E-state index contributed by atoms with van der Waals surface area (Å²) in [7, 11) is 0. The molecule has 0 spiro atoms. The van der Waals surface area contributed by atoms with Gasteiger partial charge in [0.2, 0.25) is 0 Å². The Balaban J connectivity index is 1.52. The van der Waals surface area contributed by atoms with Crippen LogP contribution in [-0.4, -0.2) is 43.7 Å². The number of likely N-dealkylation sites (N-methyl/N-ethyl adjacent to an activating group) is 1. The van der Waals surface area contributed by atoms with Gasteiger partial charge in [-0.1, -0.05) is 135 Å². The first kappa shape index (κ1) is 35.7. The van der Waals surface area contributed by atoms with Crippen molar-refractivity contribution in [3.63, 3.8) is 0 Å². The van der Waals surface area contributed by atoms with Gasteiger partial charge in [0.1, 0.15) is 12.7 Å². The normalized spacial score (nSPS) is 12.4. The Labute approximate surface area is 261 Å². The number of hydrogen-bond acceptors (Lipinski definition) is 4. The Kier molecular flexibility index (Phi) is 20.8. The minimum absolute atomic E-state index is 0.0955. The van der Waals surface area contributed by atoms with Crippen molar-refractivity contribution in [1.29, 1.82) is 0 Å². The summed E-state index contributed by atoms with van der Waals surface area (Å²) in [5.41, 5.74) is 2.30. The van der Waals surface area contributed by atoms with Gasteiger partial charge in [-0.25, -0.2) is 0 Å². The summed E-state index contributed by atoms with van der Waals surface area (Å²) in [6, 6.07) is 20.7. The number of nitrogens with zero attached hydrogens (tertiary/aromatic N) is 1. The average Bonchev–Trinajstić information content (AvgIpc) is 3.04. The second kappa shape index (κ2) is 25.1. The van der Waals surface area contributed by atoms with Crippen molar-refractivity contribution in [1.82, 2.24) is 4.90 Å². The SMILES string of the molecule is CC/C=C\C/C=C\C/C=C\C/C=C\C/C=C\CCCC(=O)OCCN(CC)CCOC(c1ccccc1)c1ccccc1. The number of benzene rings is 2. The van der Waals surface area contributed by atoms with Crippen molar-refractivity contribution in [3.05, 3.63) is 133 Å². The van der Waals surface area contributed by atoms with E-state index < -0.39 is 0 Å². The van der Waals surface area contributed by atoms with Crippen LogP contribution in [0.1, 0.15) is 82.4 Å². The van der Waals surface area contributed by atoms with Gasteiger partial charge in [0.25, 0.3) is 0 Å². The number of ether oxygens (including phenoxy) is 2. The molecule has 0 aliphatic carbocycles. The van der Waals surface area contributed by atoms with Crippen LogP contribution in [-0.2, 0) is 14.3 Å². The first-order valence-corrected chi connectivity index (χ1v) is 16.1. The molecule has 4 heteroatoms. The zero-order valence-electron chi connectivity index (χ0n) is 26.5. The summed E-state index contributed by atoms with van der Waals surface area (Å²) in [5.74, 6) is -0.118. The molecule has 0 aromatic heterocycles. The lowest BCUT2D eigenvalue weighted by molar-refractivity contribution is -0.144. The van der Waals surface area contributed by atoms with Gasteiger partial charge in [0.15, 0.2) is 0 Å². The first-order chi connectivity index (χ1) is 21.2. The number of allylic oxidation sites excluding steroid dienone is 10. The van der Waals surface area contributed by atoms with Crippen molar-refractivity contribution in [2.45, 2.75) is 71.3 Å². The molecular formula is C39H53NO3. The number of carbonyl (C=O) groups excluding carboxylic acids is 1. The van der Waals surface area contributed by atoms with E-state index in [9.17, 15) is 4.79 Å². The van der Waals surface area contributed by atoms with Gasteiger partial charge < -0.3 is 9.47 Å². The van der Waals surface area contributed by atoms with Gasteiger partial charge in [-0.05, 0) is 62.6 Å². The lowest BCUT2D eigenvalue weighted by Crippen LogP contribution is -2.31. The molecule has 0 N–H and O–H groups in total. The standard InChI is InChI=1S/C39H53NO3/c1-3-5-6-7-8-9-10-11-12-13-14-15-16-17-18-19-26-31-38(41)42-34-32-40(4-2)33-35-43-39(36-27-22-20-23-28-36)37-29-24-21-25-30-37/h5-6,8-9,11-12,14-15,17-18,20-25,27-30,39H,3-4,7,10,13,16,19,26,31-35H2,1-2H3/b6-5-,9-8-,12-11-,15-14-,18-17-. The second-order valence-electron chi connectivity index (χ2n) is 10.3. The molecule has 0 atom stereocenters. The Morgan fingerprint density at radius 2 is 1.16 bits per heavy atom. The van der Waals surface area contributed by atoms with Gasteiger partial charge >= 0.3 is 5.97 Å². The zero-order valence-corrected chi connectivity index (χ0v) is 26.5. The summed E-state index contributed by atoms with van der Waals surface area (Å²) >= 11 is 0. The highest BCUT2D eigenvalue weighted by atomic mass is 16.5. The summed E-state index contributed by atoms with van der Waals surface area (Å²) < 4.78 is 11.8. The van der Waals surface area contributed by atoms with E-state index in [4.69, 9.17) is 9.47 Å². The fourth-order valence-corrected chi connectivity index (χ4v) is 4.46. The lowest BCUT2D eigenvalue weighted by atomic mass is 10.0. The van der Waals surface area contributed by atoms with Crippen LogP contribution >= 0.6 is 0 Å². The summed E-state index contributed by atoms with van der Waals surface area (Å²) in [6.07, 6.45) is 29.0. The van der Waals surface area contributed by atoms with Gasteiger partial charge in [0.05, 0.1) is 6.61 Å². The average molecular weight is 584 g/mol. The molecule has 0 unspecified atom stereocenters. The van der Waals surface area contributed by atoms with Crippen LogP contribution in [0.25, 0.3) is 0 Å². The van der Waals surface area contributed by atoms with E-state index in [1.165, 1.54) is 0 Å². The van der Waals surface area contributed by atoms with Crippen molar-refractivity contribution in [2.75, 3.05) is 32.8 Å². The predicted molar refractivity (Wildman–Crippen MR) is 182 cm³/mol. The maximum Gasteiger partial charge on any atom is 0.305 e. The van der Waals surface area contributed by atoms with Crippen molar-refractivity contribution in [2.24, 2.45) is 0 Å². The Morgan fingerprint density at radius 1 is 0.674 bits per heavy atom. The topological polar surface area (TPSA) is 38.8 Å². The molecule has 0 bridgehead atoms. The third-order valence-electron chi connectivity index (χ3n) is 6.92. The third kappa shape index (κ3) is 17.9. The van der Waals surface area contributed by atoms with E-state index >= 15 is 0 Å². The highest BCUT2D eigenvalue weighted by Crippen LogP contribution is 2.25. The molecule has 0 saturated carbocycles. The molecule has 4 nitrogen and oxygen atoms in total. The maximum atomic E-state index is 12.2. The number of esters is 1. The predicted octanol–water partition coefficient (Wildman–Crippen LogP) is 9.58.